The second-order valence-corrected chi connectivity index (χ2v) is 5.79. The highest BCUT2D eigenvalue weighted by molar-refractivity contribution is 6.05. The number of hydrogen-bond donors (Lipinski definition) is 1. The first kappa shape index (κ1) is 14.3. The van der Waals surface area contributed by atoms with E-state index < -0.39 is 0 Å². The summed E-state index contributed by atoms with van der Waals surface area (Å²) in [6.45, 7) is 7.82. The smallest absolute Gasteiger partial charge is 0.259 e. The number of benzene rings is 1. The van der Waals surface area contributed by atoms with Crippen LogP contribution in [0.4, 0.5) is 10.1 Å². The van der Waals surface area contributed by atoms with Gasteiger partial charge in [0.1, 0.15) is 17.3 Å². The van der Waals surface area contributed by atoms with Gasteiger partial charge in [-0.15, -0.1) is 0 Å². The Morgan fingerprint density at radius 1 is 1.20 bits per heavy atom. The van der Waals surface area contributed by atoms with Crippen molar-refractivity contribution in [3.8, 4) is 0 Å². The van der Waals surface area contributed by atoms with Crippen LogP contribution in [0.2, 0.25) is 0 Å². The Kier molecular flexibility index (Phi) is 3.66. The normalized spacial score (nSPS) is 11.4. The quantitative estimate of drug-likeness (QED) is 0.889. The molecule has 0 spiro atoms. The zero-order valence-electron chi connectivity index (χ0n) is 12.1. The number of carbonyl (C=O) groups excluding carboxylic acids is 1. The van der Waals surface area contributed by atoms with Crippen molar-refractivity contribution in [3.63, 3.8) is 0 Å². The third kappa shape index (κ3) is 3.07. The fourth-order valence-electron chi connectivity index (χ4n) is 1.81. The molecule has 0 fully saturated rings. The van der Waals surface area contributed by atoms with E-state index in [1.165, 1.54) is 24.3 Å². The van der Waals surface area contributed by atoms with Crippen LogP contribution in [0.3, 0.4) is 0 Å². The number of halogens is 1. The van der Waals surface area contributed by atoms with Gasteiger partial charge >= 0.3 is 0 Å². The van der Waals surface area contributed by atoms with Crippen LogP contribution in [0, 0.1) is 12.7 Å². The molecule has 3 nitrogen and oxygen atoms in total. The molecule has 1 heterocycles. The molecular weight excluding hydrogens is 257 g/mol. The highest BCUT2D eigenvalue weighted by Crippen LogP contribution is 2.27. The van der Waals surface area contributed by atoms with Gasteiger partial charge < -0.3 is 9.73 Å². The van der Waals surface area contributed by atoms with Crippen LogP contribution < -0.4 is 5.32 Å². The predicted octanol–water partition coefficient (Wildman–Crippen LogP) is 4.28. The van der Waals surface area contributed by atoms with E-state index in [1.54, 1.807) is 13.0 Å². The molecule has 1 N–H and O–H groups in total. The summed E-state index contributed by atoms with van der Waals surface area (Å²) in [6, 6.07) is 7.41. The summed E-state index contributed by atoms with van der Waals surface area (Å²) in [7, 11) is 0. The summed E-state index contributed by atoms with van der Waals surface area (Å²) >= 11 is 0. The zero-order chi connectivity index (χ0) is 14.9. The Hall–Kier alpha value is -2.10. The molecule has 0 aliphatic carbocycles. The van der Waals surface area contributed by atoms with Gasteiger partial charge in [-0.3, -0.25) is 4.79 Å². The summed E-state index contributed by atoms with van der Waals surface area (Å²) in [5.41, 5.74) is 0.896. The molecule has 0 aliphatic heterocycles. The number of furan rings is 1. The van der Waals surface area contributed by atoms with E-state index in [9.17, 15) is 9.18 Å². The van der Waals surface area contributed by atoms with Crippen LogP contribution in [0.1, 0.15) is 42.6 Å². The summed E-state index contributed by atoms with van der Waals surface area (Å²) in [6.07, 6.45) is 0. The van der Waals surface area contributed by atoms with Crippen molar-refractivity contribution in [2.75, 3.05) is 5.32 Å². The second-order valence-electron chi connectivity index (χ2n) is 5.79. The fraction of sp³-hybridized carbons (Fsp3) is 0.312. The van der Waals surface area contributed by atoms with E-state index in [1.807, 2.05) is 20.8 Å². The topological polar surface area (TPSA) is 42.2 Å². The van der Waals surface area contributed by atoms with Crippen LogP contribution >= 0.6 is 0 Å². The molecule has 0 atom stereocenters. The Labute approximate surface area is 117 Å². The SMILES string of the molecule is Cc1oc(C(C)(C)C)cc1C(=O)Nc1ccc(F)cc1. The van der Waals surface area contributed by atoms with Crippen molar-refractivity contribution in [2.45, 2.75) is 33.1 Å². The molecular formula is C16H18FNO2. The molecule has 0 saturated heterocycles. The average Bonchev–Trinajstić information content (AvgIpc) is 2.74. The lowest BCUT2D eigenvalue weighted by atomic mass is 9.93. The van der Waals surface area contributed by atoms with Crippen LogP contribution in [-0.2, 0) is 5.41 Å². The molecule has 1 aromatic heterocycles. The van der Waals surface area contributed by atoms with Crippen LogP contribution in [0.25, 0.3) is 0 Å². The highest BCUT2D eigenvalue weighted by atomic mass is 19.1. The van der Waals surface area contributed by atoms with Crippen LogP contribution in [-0.4, -0.2) is 5.91 Å². The van der Waals surface area contributed by atoms with Gasteiger partial charge in [-0.25, -0.2) is 4.39 Å². The Balaban J connectivity index is 2.21. The first-order chi connectivity index (χ1) is 9.27. The average molecular weight is 275 g/mol. The van der Waals surface area contributed by atoms with Gasteiger partial charge in [-0.2, -0.15) is 0 Å². The van der Waals surface area contributed by atoms with Gasteiger partial charge in [0.25, 0.3) is 5.91 Å². The zero-order valence-corrected chi connectivity index (χ0v) is 12.1. The highest BCUT2D eigenvalue weighted by Gasteiger charge is 2.23. The predicted molar refractivity (Wildman–Crippen MR) is 76.5 cm³/mol. The number of rotatable bonds is 2. The maximum atomic E-state index is 12.8. The van der Waals surface area contributed by atoms with Gasteiger partial charge in [0.2, 0.25) is 0 Å². The maximum absolute atomic E-state index is 12.8. The summed E-state index contributed by atoms with van der Waals surface area (Å²) in [5.74, 6) is 0.750. The molecule has 4 heteroatoms. The number of aryl methyl sites for hydroxylation is 1. The lowest BCUT2D eigenvalue weighted by molar-refractivity contribution is 0.102. The number of hydrogen-bond acceptors (Lipinski definition) is 2. The van der Waals surface area contributed by atoms with Crippen LogP contribution in [0.5, 0.6) is 0 Å². The molecule has 1 amide bonds. The number of anilines is 1. The fourth-order valence-corrected chi connectivity index (χ4v) is 1.81. The van der Waals surface area contributed by atoms with E-state index in [0.717, 1.165) is 5.76 Å². The third-order valence-electron chi connectivity index (χ3n) is 3.00. The molecule has 20 heavy (non-hydrogen) atoms. The van der Waals surface area contributed by atoms with E-state index in [4.69, 9.17) is 4.42 Å². The van der Waals surface area contributed by atoms with Crippen LogP contribution in [0.15, 0.2) is 34.7 Å². The largest absolute Gasteiger partial charge is 0.465 e. The molecule has 0 radical (unpaired) electrons. The van der Waals surface area contributed by atoms with E-state index in [2.05, 4.69) is 5.32 Å². The summed E-state index contributed by atoms with van der Waals surface area (Å²) < 4.78 is 18.5. The summed E-state index contributed by atoms with van der Waals surface area (Å²) in [4.78, 5) is 12.2. The maximum Gasteiger partial charge on any atom is 0.259 e. The lowest BCUT2D eigenvalue weighted by Gasteiger charge is -2.13. The number of nitrogens with one attached hydrogen (secondary N) is 1. The minimum atomic E-state index is -0.336. The van der Waals surface area contributed by atoms with E-state index in [-0.39, 0.29) is 17.1 Å². The number of carbonyl (C=O) groups is 1. The van der Waals surface area contributed by atoms with Crippen molar-refractivity contribution in [3.05, 3.63) is 53.2 Å². The molecule has 106 valence electrons. The molecule has 0 aliphatic rings. The molecule has 0 unspecified atom stereocenters. The molecule has 1 aromatic carbocycles. The van der Waals surface area contributed by atoms with E-state index in [0.29, 0.717) is 17.0 Å². The molecule has 2 aromatic rings. The van der Waals surface area contributed by atoms with Gasteiger partial charge in [0.05, 0.1) is 5.56 Å². The molecule has 0 saturated carbocycles. The van der Waals surface area contributed by atoms with Crippen molar-refractivity contribution >= 4 is 11.6 Å². The standard InChI is InChI=1S/C16H18FNO2/c1-10-13(9-14(20-10)16(2,3)4)15(19)18-12-7-5-11(17)6-8-12/h5-9H,1-4H3,(H,18,19). The third-order valence-corrected chi connectivity index (χ3v) is 3.00. The lowest BCUT2D eigenvalue weighted by Crippen LogP contribution is -2.13. The Bertz CT molecular complexity index is 621. The van der Waals surface area contributed by atoms with Gasteiger partial charge in [-0.05, 0) is 37.3 Å². The van der Waals surface area contributed by atoms with Gasteiger partial charge in [0, 0.05) is 11.1 Å². The van der Waals surface area contributed by atoms with Crippen molar-refractivity contribution in [1.29, 1.82) is 0 Å². The second kappa shape index (κ2) is 5.12. The van der Waals surface area contributed by atoms with Crippen molar-refractivity contribution in [1.82, 2.24) is 0 Å². The van der Waals surface area contributed by atoms with Gasteiger partial charge in [0.15, 0.2) is 0 Å². The number of amides is 1. The molecule has 2 rings (SSSR count). The van der Waals surface area contributed by atoms with E-state index >= 15 is 0 Å². The summed E-state index contributed by atoms with van der Waals surface area (Å²) in [5, 5.41) is 2.73. The minimum Gasteiger partial charge on any atom is -0.465 e. The van der Waals surface area contributed by atoms with Gasteiger partial charge in [-0.1, -0.05) is 20.8 Å². The Morgan fingerprint density at radius 3 is 2.30 bits per heavy atom. The Morgan fingerprint density at radius 2 is 1.80 bits per heavy atom. The van der Waals surface area contributed by atoms with Crippen molar-refractivity contribution < 1.29 is 13.6 Å². The molecule has 0 bridgehead atoms. The first-order valence-corrected chi connectivity index (χ1v) is 6.45. The monoisotopic (exact) mass is 275 g/mol. The minimum absolute atomic E-state index is 0.154. The first-order valence-electron chi connectivity index (χ1n) is 6.45. The van der Waals surface area contributed by atoms with Crippen molar-refractivity contribution in [2.24, 2.45) is 0 Å².